The molecule has 2 saturated heterocycles. The highest BCUT2D eigenvalue weighted by atomic mass is 16.5. The molecule has 2 aliphatic heterocycles. The summed E-state index contributed by atoms with van der Waals surface area (Å²) >= 11 is 0. The molecule has 0 saturated carbocycles. The molecule has 2 aromatic carbocycles. The second-order valence-electron chi connectivity index (χ2n) is 7.04. The highest BCUT2D eigenvalue weighted by Gasteiger charge is 2.37. The van der Waals surface area contributed by atoms with Gasteiger partial charge in [-0.05, 0) is 36.1 Å². The fraction of sp³-hybridized carbons (Fsp3) is 0.364. The Morgan fingerprint density at radius 2 is 1.52 bits per heavy atom. The summed E-state index contributed by atoms with van der Waals surface area (Å²) in [4.78, 5) is 29.5. The van der Waals surface area contributed by atoms with Crippen molar-refractivity contribution in [3.05, 3.63) is 60.2 Å². The lowest BCUT2D eigenvalue weighted by Crippen LogP contribution is -2.51. The Kier molecular flexibility index (Phi) is 5.21. The minimum atomic E-state index is -0.343. The average Bonchev–Trinajstić information content (AvgIpc) is 3.24. The number of amides is 2. The maximum absolute atomic E-state index is 13.0. The molecule has 0 unspecified atom stereocenters. The van der Waals surface area contributed by atoms with Crippen molar-refractivity contribution in [1.29, 1.82) is 0 Å². The van der Waals surface area contributed by atoms with E-state index in [0.717, 1.165) is 24.0 Å². The fourth-order valence-corrected chi connectivity index (χ4v) is 3.86. The summed E-state index contributed by atoms with van der Waals surface area (Å²) in [6.45, 7) is 3.02. The van der Waals surface area contributed by atoms with Crippen LogP contribution >= 0.6 is 0 Å². The Morgan fingerprint density at radius 3 is 2.22 bits per heavy atom. The van der Waals surface area contributed by atoms with Crippen LogP contribution in [0.4, 0.5) is 0 Å². The van der Waals surface area contributed by atoms with Crippen LogP contribution in [0.15, 0.2) is 54.6 Å². The van der Waals surface area contributed by atoms with Crippen LogP contribution in [0.25, 0.3) is 11.1 Å². The number of morpholine rings is 1. The number of likely N-dealkylation sites (tertiary alicyclic amines) is 1. The van der Waals surface area contributed by atoms with Crippen LogP contribution in [0.1, 0.15) is 23.2 Å². The zero-order valence-electron chi connectivity index (χ0n) is 15.3. The summed E-state index contributed by atoms with van der Waals surface area (Å²) < 4.78 is 5.33. The van der Waals surface area contributed by atoms with Crippen molar-refractivity contribution in [1.82, 2.24) is 9.80 Å². The number of rotatable bonds is 3. The predicted octanol–water partition coefficient (Wildman–Crippen LogP) is 2.82. The molecule has 0 aromatic heterocycles. The van der Waals surface area contributed by atoms with Crippen LogP contribution in [-0.2, 0) is 9.53 Å². The number of benzene rings is 2. The molecule has 27 heavy (non-hydrogen) atoms. The summed E-state index contributed by atoms with van der Waals surface area (Å²) in [6.07, 6.45) is 1.61. The number of nitrogens with zero attached hydrogens (tertiary/aromatic N) is 2. The van der Waals surface area contributed by atoms with Crippen LogP contribution in [0.2, 0.25) is 0 Å². The van der Waals surface area contributed by atoms with E-state index < -0.39 is 0 Å². The normalized spacial score (nSPS) is 19.9. The number of hydrogen-bond donors (Lipinski definition) is 0. The van der Waals surface area contributed by atoms with Gasteiger partial charge in [0.05, 0.1) is 13.2 Å². The summed E-state index contributed by atoms with van der Waals surface area (Å²) in [5.41, 5.74) is 2.84. The first-order valence-electron chi connectivity index (χ1n) is 9.57. The van der Waals surface area contributed by atoms with E-state index in [0.29, 0.717) is 38.4 Å². The minimum Gasteiger partial charge on any atom is -0.378 e. The largest absolute Gasteiger partial charge is 0.378 e. The van der Waals surface area contributed by atoms with E-state index >= 15 is 0 Å². The maximum Gasteiger partial charge on any atom is 0.254 e. The number of ether oxygens (including phenoxy) is 1. The molecule has 5 heteroatoms. The fourth-order valence-electron chi connectivity index (χ4n) is 3.86. The van der Waals surface area contributed by atoms with E-state index in [2.05, 4.69) is 0 Å². The van der Waals surface area contributed by atoms with Gasteiger partial charge in [0.25, 0.3) is 5.91 Å². The Morgan fingerprint density at radius 1 is 0.852 bits per heavy atom. The molecule has 0 aliphatic carbocycles. The predicted molar refractivity (Wildman–Crippen MR) is 103 cm³/mol. The first-order chi connectivity index (χ1) is 13.2. The first-order valence-corrected chi connectivity index (χ1v) is 9.57. The number of carbonyl (C=O) groups excluding carboxylic acids is 2. The third-order valence-electron chi connectivity index (χ3n) is 5.36. The highest BCUT2D eigenvalue weighted by molar-refractivity contribution is 5.98. The highest BCUT2D eigenvalue weighted by Crippen LogP contribution is 2.24. The van der Waals surface area contributed by atoms with Crippen molar-refractivity contribution < 1.29 is 14.3 Å². The van der Waals surface area contributed by atoms with E-state index in [-0.39, 0.29) is 17.9 Å². The third kappa shape index (κ3) is 3.74. The molecule has 2 fully saturated rings. The SMILES string of the molecule is O=C([C@H]1CCCN1C(=O)c1ccc(-c2ccccc2)cc1)N1CCOCC1. The Labute approximate surface area is 159 Å². The van der Waals surface area contributed by atoms with Crippen molar-refractivity contribution in [2.45, 2.75) is 18.9 Å². The molecule has 5 nitrogen and oxygen atoms in total. The summed E-state index contributed by atoms with van der Waals surface area (Å²) in [6, 6.07) is 17.4. The molecular weight excluding hydrogens is 340 g/mol. The smallest absolute Gasteiger partial charge is 0.254 e. The van der Waals surface area contributed by atoms with Gasteiger partial charge in [-0.25, -0.2) is 0 Å². The Hall–Kier alpha value is -2.66. The molecule has 0 bridgehead atoms. The molecule has 4 rings (SSSR count). The molecule has 1 atom stereocenters. The first kappa shape index (κ1) is 17.7. The molecule has 2 aliphatic rings. The molecule has 140 valence electrons. The second kappa shape index (κ2) is 7.92. The van der Waals surface area contributed by atoms with Gasteiger partial charge >= 0.3 is 0 Å². The van der Waals surface area contributed by atoms with Gasteiger partial charge in [-0.2, -0.15) is 0 Å². The van der Waals surface area contributed by atoms with Crippen LogP contribution in [0.3, 0.4) is 0 Å². The van der Waals surface area contributed by atoms with E-state index in [1.807, 2.05) is 59.5 Å². The van der Waals surface area contributed by atoms with Gasteiger partial charge in [0.1, 0.15) is 6.04 Å². The van der Waals surface area contributed by atoms with Gasteiger partial charge in [0, 0.05) is 25.2 Å². The number of carbonyl (C=O) groups is 2. The third-order valence-corrected chi connectivity index (χ3v) is 5.36. The monoisotopic (exact) mass is 364 g/mol. The lowest BCUT2D eigenvalue weighted by molar-refractivity contribution is -0.139. The van der Waals surface area contributed by atoms with Crippen molar-refractivity contribution in [3.8, 4) is 11.1 Å². The topological polar surface area (TPSA) is 49.9 Å². The summed E-state index contributed by atoms with van der Waals surface area (Å²) in [7, 11) is 0. The average molecular weight is 364 g/mol. The lowest BCUT2D eigenvalue weighted by Gasteiger charge is -2.32. The van der Waals surface area contributed by atoms with Crippen molar-refractivity contribution in [2.24, 2.45) is 0 Å². The van der Waals surface area contributed by atoms with E-state index in [9.17, 15) is 9.59 Å². The standard InChI is InChI=1S/C22H24N2O3/c25-21(19-10-8-18(9-11-19)17-5-2-1-3-6-17)24-12-4-7-20(24)22(26)23-13-15-27-16-14-23/h1-3,5-6,8-11,20H,4,7,12-16H2/t20-/m1/s1. The van der Waals surface area contributed by atoms with E-state index in [1.54, 1.807) is 4.90 Å². The van der Waals surface area contributed by atoms with Crippen LogP contribution in [-0.4, -0.2) is 60.5 Å². The van der Waals surface area contributed by atoms with Gasteiger partial charge in [-0.3, -0.25) is 9.59 Å². The van der Waals surface area contributed by atoms with Gasteiger partial charge in [0.2, 0.25) is 5.91 Å². The minimum absolute atomic E-state index is 0.0567. The quantitative estimate of drug-likeness (QED) is 0.842. The van der Waals surface area contributed by atoms with E-state index in [1.165, 1.54) is 0 Å². The maximum atomic E-state index is 13.0. The molecule has 0 spiro atoms. The van der Waals surface area contributed by atoms with Crippen LogP contribution in [0, 0.1) is 0 Å². The molecule has 2 amide bonds. The van der Waals surface area contributed by atoms with Gasteiger partial charge in [-0.1, -0.05) is 42.5 Å². The van der Waals surface area contributed by atoms with Gasteiger partial charge in [-0.15, -0.1) is 0 Å². The number of hydrogen-bond acceptors (Lipinski definition) is 3. The lowest BCUT2D eigenvalue weighted by atomic mass is 10.0. The summed E-state index contributed by atoms with van der Waals surface area (Å²) in [5, 5.41) is 0. The molecular formula is C22H24N2O3. The molecule has 0 N–H and O–H groups in total. The van der Waals surface area contributed by atoms with Gasteiger partial charge < -0.3 is 14.5 Å². The summed E-state index contributed by atoms with van der Waals surface area (Å²) in [5.74, 6) is 0.00350. The van der Waals surface area contributed by atoms with Gasteiger partial charge in [0.15, 0.2) is 0 Å². The zero-order chi connectivity index (χ0) is 18.6. The second-order valence-corrected chi connectivity index (χ2v) is 7.04. The van der Waals surface area contributed by atoms with Crippen LogP contribution < -0.4 is 0 Å². The van der Waals surface area contributed by atoms with Crippen molar-refractivity contribution >= 4 is 11.8 Å². The molecule has 2 aromatic rings. The molecule has 0 radical (unpaired) electrons. The molecule has 2 heterocycles. The zero-order valence-corrected chi connectivity index (χ0v) is 15.3. The Bertz CT molecular complexity index is 798. The van der Waals surface area contributed by atoms with Crippen molar-refractivity contribution in [2.75, 3.05) is 32.8 Å². The van der Waals surface area contributed by atoms with E-state index in [4.69, 9.17) is 4.74 Å². The van der Waals surface area contributed by atoms with Crippen LogP contribution in [0.5, 0.6) is 0 Å². The van der Waals surface area contributed by atoms with Crippen molar-refractivity contribution in [3.63, 3.8) is 0 Å². The Balaban J connectivity index is 1.48.